The molecule has 5 nitrogen and oxygen atoms in total. The lowest BCUT2D eigenvalue weighted by atomic mass is 9.91. The molecular formula is C17H18N2O3. The number of hydrogen-bond acceptors (Lipinski definition) is 4. The molecule has 1 amide bonds. The quantitative estimate of drug-likeness (QED) is 0.855. The van der Waals surface area contributed by atoms with Crippen molar-refractivity contribution in [1.29, 1.82) is 0 Å². The van der Waals surface area contributed by atoms with Crippen molar-refractivity contribution in [2.75, 3.05) is 13.7 Å². The summed E-state index contributed by atoms with van der Waals surface area (Å²) >= 11 is 0. The van der Waals surface area contributed by atoms with Gasteiger partial charge in [-0.05, 0) is 37.5 Å². The highest BCUT2D eigenvalue weighted by Gasteiger charge is 2.32. The number of carbonyl (C=O) groups excluding carboxylic acids is 1. The molecule has 0 unspecified atom stereocenters. The molecule has 2 aromatic rings. The number of pyridine rings is 1. The molecule has 1 aromatic heterocycles. The van der Waals surface area contributed by atoms with Gasteiger partial charge in [0, 0.05) is 23.1 Å². The van der Waals surface area contributed by atoms with E-state index in [1.807, 2.05) is 23.1 Å². The van der Waals surface area contributed by atoms with E-state index in [4.69, 9.17) is 9.47 Å². The molecule has 0 saturated heterocycles. The van der Waals surface area contributed by atoms with Crippen LogP contribution >= 0.6 is 0 Å². The molecule has 0 atom stereocenters. The fraction of sp³-hybridized carbons (Fsp3) is 0.412. The van der Waals surface area contributed by atoms with E-state index in [-0.39, 0.29) is 12.5 Å². The predicted octanol–water partition coefficient (Wildman–Crippen LogP) is 2.52. The number of methoxy groups -OCH3 is 1. The molecule has 0 radical (unpaired) electrons. The molecule has 114 valence electrons. The number of benzene rings is 1. The third-order valence-electron chi connectivity index (χ3n) is 4.57. The summed E-state index contributed by atoms with van der Waals surface area (Å²) in [7, 11) is 1.64. The third-order valence-corrected chi connectivity index (χ3v) is 4.57. The number of aromatic nitrogens is 1. The Morgan fingerprint density at radius 2 is 2.18 bits per heavy atom. The number of hydrogen-bond donors (Lipinski definition) is 0. The van der Waals surface area contributed by atoms with Crippen LogP contribution in [0.2, 0.25) is 0 Å². The number of ether oxygens (including phenoxy) is 2. The minimum absolute atomic E-state index is 0.0596. The summed E-state index contributed by atoms with van der Waals surface area (Å²) in [6.45, 7) is 0.666. The van der Waals surface area contributed by atoms with E-state index in [0.717, 1.165) is 35.1 Å². The zero-order chi connectivity index (χ0) is 15.1. The van der Waals surface area contributed by atoms with Crippen LogP contribution in [0.4, 0.5) is 0 Å². The van der Waals surface area contributed by atoms with Crippen LogP contribution in [-0.4, -0.2) is 35.5 Å². The first-order valence-electron chi connectivity index (χ1n) is 7.64. The normalized spacial score (nSPS) is 18.4. The lowest BCUT2D eigenvalue weighted by Crippen LogP contribution is -2.44. The van der Waals surface area contributed by atoms with Crippen molar-refractivity contribution in [2.45, 2.75) is 31.8 Å². The zero-order valence-corrected chi connectivity index (χ0v) is 12.5. The average molecular weight is 298 g/mol. The van der Waals surface area contributed by atoms with Crippen molar-refractivity contribution >= 4 is 16.8 Å². The van der Waals surface area contributed by atoms with Gasteiger partial charge in [0.05, 0.1) is 19.2 Å². The molecule has 1 saturated carbocycles. The molecule has 2 heterocycles. The second-order valence-electron chi connectivity index (χ2n) is 5.91. The maximum absolute atomic E-state index is 12.3. The Morgan fingerprint density at radius 3 is 2.91 bits per heavy atom. The summed E-state index contributed by atoms with van der Waals surface area (Å²) in [5.41, 5.74) is 1.80. The molecular weight excluding hydrogens is 280 g/mol. The summed E-state index contributed by atoms with van der Waals surface area (Å²) in [5.74, 6) is 1.39. The third kappa shape index (κ3) is 2.17. The van der Waals surface area contributed by atoms with E-state index >= 15 is 0 Å². The highest BCUT2D eigenvalue weighted by atomic mass is 16.5. The first kappa shape index (κ1) is 13.4. The number of fused-ring (bicyclic) bond motifs is 2. The predicted molar refractivity (Wildman–Crippen MR) is 82.0 cm³/mol. The van der Waals surface area contributed by atoms with Crippen LogP contribution < -0.4 is 9.47 Å². The van der Waals surface area contributed by atoms with Gasteiger partial charge in [0.25, 0.3) is 5.91 Å². The van der Waals surface area contributed by atoms with Crippen molar-refractivity contribution in [1.82, 2.24) is 9.88 Å². The monoisotopic (exact) mass is 298 g/mol. The molecule has 0 spiro atoms. The van der Waals surface area contributed by atoms with Gasteiger partial charge in [0.2, 0.25) is 5.88 Å². The van der Waals surface area contributed by atoms with Crippen LogP contribution in [0, 0.1) is 0 Å². The van der Waals surface area contributed by atoms with Crippen molar-refractivity contribution in [3.63, 3.8) is 0 Å². The average Bonchev–Trinajstić information content (AvgIpc) is 2.63. The van der Waals surface area contributed by atoms with Crippen LogP contribution in [-0.2, 0) is 11.3 Å². The van der Waals surface area contributed by atoms with Gasteiger partial charge in [-0.2, -0.15) is 0 Å². The Hall–Kier alpha value is -2.30. The maximum atomic E-state index is 12.3. The highest BCUT2D eigenvalue weighted by molar-refractivity contribution is 5.83. The Morgan fingerprint density at radius 1 is 1.32 bits per heavy atom. The van der Waals surface area contributed by atoms with Gasteiger partial charge in [-0.3, -0.25) is 4.79 Å². The van der Waals surface area contributed by atoms with E-state index in [9.17, 15) is 4.79 Å². The van der Waals surface area contributed by atoms with E-state index in [2.05, 4.69) is 11.1 Å². The minimum Gasteiger partial charge on any atom is -0.497 e. The van der Waals surface area contributed by atoms with Gasteiger partial charge in [-0.1, -0.05) is 0 Å². The maximum Gasteiger partial charge on any atom is 0.261 e. The van der Waals surface area contributed by atoms with Gasteiger partial charge < -0.3 is 14.4 Å². The summed E-state index contributed by atoms with van der Waals surface area (Å²) in [4.78, 5) is 18.8. The number of nitrogens with zero attached hydrogens (tertiary/aromatic N) is 2. The fourth-order valence-electron chi connectivity index (χ4n) is 3.05. The number of carbonyl (C=O) groups is 1. The van der Waals surface area contributed by atoms with Crippen molar-refractivity contribution < 1.29 is 14.3 Å². The molecule has 1 fully saturated rings. The Labute approximate surface area is 128 Å². The van der Waals surface area contributed by atoms with Crippen LogP contribution in [0.25, 0.3) is 10.9 Å². The van der Waals surface area contributed by atoms with Gasteiger partial charge in [-0.25, -0.2) is 4.98 Å². The summed E-state index contributed by atoms with van der Waals surface area (Å²) in [5, 5.41) is 1.03. The Kier molecular flexibility index (Phi) is 3.13. The molecule has 1 aromatic carbocycles. The second kappa shape index (κ2) is 5.16. The van der Waals surface area contributed by atoms with Gasteiger partial charge in [0.1, 0.15) is 5.75 Å². The van der Waals surface area contributed by atoms with E-state index in [1.165, 1.54) is 6.42 Å². The fourth-order valence-corrected chi connectivity index (χ4v) is 3.05. The topological polar surface area (TPSA) is 51.7 Å². The molecule has 2 aliphatic rings. The minimum atomic E-state index is 0.0596. The van der Waals surface area contributed by atoms with Crippen molar-refractivity contribution in [3.05, 3.63) is 29.8 Å². The molecule has 1 aliphatic carbocycles. The summed E-state index contributed by atoms with van der Waals surface area (Å²) in [6.07, 6.45) is 3.40. The van der Waals surface area contributed by atoms with Gasteiger partial charge >= 0.3 is 0 Å². The molecule has 4 rings (SSSR count). The van der Waals surface area contributed by atoms with E-state index in [1.54, 1.807) is 7.11 Å². The first-order chi connectivity index (χ1) is 10.7. The molecule has 0 N–H and O–H groups in total. The smallest absolute Gasteiger partial charge is 0.261 e. The lowest BCUT2D eigenvalue weighted by Gasteiger charge is -2.36. The van der Waals surface area contributed by atoms with Crippen LogP contribution in [0.5, 0.6) is 11.6 Å². The summed E-state index contributed by atoms with van der Waals surface area (Å²) in [6, 6.07) is 8.23. The lowest BCUT2D eigenvalue weighted by molar-refractivity contribution is -0.137. The Bertz CT molecular complexity index is 740. The number of amides is 1. The van der Waals surface area contributed by atoms with Crippen LogP contribution in [0.1, 0.15) is 24.8 Å². The largest absolute Gasteiger partial charge is 0.497 e. The SMILES string of the molecule is COc1ccc2cc3c(nc2c1)OCC(=O)N(C1CCC1)C3. The molecule has 22 heavy (non-hydrogen) atoms. The zero-order valence-electron chi connectivity index (χ0n) is 12.5. The molecule has 0 bridgehead atoms. The van der Waals surface area contributed by atoms with Gasteiger partial charge in [-0.15, -0.1) is 0 Å². The first-order valence-corrected chi connectivity index (χ1v) is 7.64. The summed E-state index contributed by atoms with van der Waals surface area (Å²) < 4.78 is 10.9. The van der Waals surface area contributed by atoms with Crippen LogP contribution in [0.3, 0.4) is 0 Å². The van der Waals surface area contributed by atoms with Crippen molar-refractivity contribution in [3.8, 4) is 11.6 Å². The molecule has 1 aliphatic heterocycles. The molecule has 5 heteroatoms. The number of rotatable bonds is 2. The highest BCUT2D eigenvalue weighted by Crippen LogP contribution is 2.32. The van der Waals surface area contributed by atoms with Crippen molar-refractivity contribution in [2.24, 2.45) is 0 Å². The van der Waals surface area contributed by atoms with Gasteiger partial charge in [0.15, 0.2) is 6.61 Å². The van der Waals surface area contributed by atoms with E-state index < -0.39 is 0 Å². The van der Waals surface area contributed by atoms with E-state index in [0.29, 0.717) is 18.5 Å². The second-order valence-corrected chi connectivity index (χ2v) is 5.91. The standard InChI is InChI=1S/C17H18N2O3/c1-21-14-6-5-11-7-12-9-19(13-3-2-4-13)16(20)10-22-17(12)18-15(11)8-14/h5-8,13H,2-4,9-10H2,1H3. The van der Waals surface area contributed by atoms with Crippen LogP contribution in [0.15, 0.2) is 24.3 Å². The Balaban J connectivity index is 1.74.